The molecule has 0 bridgehead atoms. The molecule has 2 aliphatic heterocycles. The van der Waals surface area contributed by atoms with E-state index in [0.29, 0.717) is 47.9 Å². The molecule has 0 saturated carbocycles. The van der Waals surface area contributed by atoms with Crippen LogP contribution in [0.1, 0.15) is 27.8 Å². The number of alkyl halides is 3. The number of sulfone groups is 2. The number of amides is 2. The third-order valence-electron chi connectivity index (χ3n) is 9.32. The molecule has 4 aromatic carbocycles. The number of benzene rings is 4. The van der Waals surface area contributed by atoms with Crippen molar-refractivity contribution in [2.45, 2.75) is 41.9 Å². The Morgan fingerprint density at radius 3 is 1.68 bits per heavy atom. The number of nitrogens with one attached hydrogen (secondary N) is 6. The molecule has 0 aliphatic carbocycles. The molecule has 0 radical (unpaired) electrons. The first-order valence-electron chi connectivity index (χ1n) is 18.6. The van der Waals surface area contributed by atoms with Gasteiger partial charge in [-0.3, -0.25) is 9.59 Å². The lowest BCUT2D eigenvalue weighted by Gasteiger charge is -2.15. The number of carbonyl (C=O) groups excluding carboxylic acids is 2. The van der Waals surface area contributed by atoms with Gasteiger partial charge in [-0.05, 0) is 76.9 Å². The summed E-state index contributed by atoms with van der Waals surface area (Å²) < 4.78 is 87.3. The lowest BCUT2D eigenvalue weighted by Crippen LogP contribution is -2.14. The maximum Gasteiger partial charge on any atom is 0.421 e. The highest BCUT2D eigenvalue weighted by atomic mass is 32.2. The van der Waals surface area contributed by atoms with Crippen LogP contribution in [0.15, 0.2) is 113 Å². The molecule has 6 aromatic rings. The highest BCUT2D eigenvalue weighted by molar-refractivity contribution is 7.91. The van der Waals surface area contributed by atoms with Gasteiger partial charge in [0.1, 0.15) is 17.2 Å². The second-order valence-corrected chi connectivity index (χ2v) is 18.2. The smallest absolute Gasteiger partial charge is 0.366 e. The largest absolute Gasteiger partial charge is 0.421 e. The van der Waals surface area contributed by atoms with E-state index in [2.05, 4.69) is 51.8 Å². The molecule has 62 heavy (non-hydrogen) atoms. The molecular formula is C41H37F3N10O6S2. The normalized spacial score (nSPS) is 13.2. The number of hydrogen-bond acceptors (Lipinski definition) is 14. The number of aromatic nitrogens is 4. The predicted octanol–water partition coefficient (Wildman–Crippen LogP) is 6.48. The fourth-order valence-corrected chi connectivity index (χ4v) is 7.68. The van der Waals surface area contributed by atoms with Gasteiger partial charge in [0.15, 0.2) is 19.7 Å². The Kier molecular flexibility index (Phi) is 12.1. The zero-order chi connectivity index (χ0) is 44.2. The Balaban J connectivity index is 0.000000188. The van der Waals surface area contributed by atoms with Gasteiger partial charge in [0.2, 0.25) is 23.7 Å². The van der Waals surface area contributed by atoms with Crippen molar-refractivity contribution < 1.29 is 39.6 Å². The number of halogens is 3. The molecule has 6 N–H and O–H groups in total. The van der Waals surface area contributed by atoms with E-state index in [1.54, 1.807) is 54.7 Å². The van der Waals surface area contributed by atoms with E-state index in [0.717, 1.165) is 34.3 Å². The van der Waals surface area contributed by atoms with E-state index in [9.17, 15) is 39.6 Å². The standard InChI is InChI=1S/C21H18F3N5O3S.C20H19N5O3S/c1-33(31,32)15-4-2-3-12(7-15)10-25-19-16(21(22,23)24)11-26-20(29-19)27-14-6-5-13-8-18(30)28-17(13)9-14;1-29(27,28)16-4-2-3-13(9-16)12-22-18-7-8-21-20(25-18)23-15-6-5-14-10-19(26)24-17(14)11-15/h2-7,9,11H,8,10H2,1H3,(H,28,30)(H2,25,26,27,29);2-9,11H,10,12H2,1H3,(H,24,26)(H2,21,22,23,25). The van der Waals surface area contributed by atoms with E-state index >= 15 is 0 Å². The van der Waals surface area contributed by atoms with Crippen LogP contribution in [0.4, 0.5) is 59.5 Å². The molecule has 0 atom stereocenters. The number of hydrogen-bond donors (Lipinski definition) is 6. The van der Waals surface area contributed by atoms with Gasteiger partial charge in [0.25, 0.3) is 0 Å². The molecule has 0 fully saturated rings. The summed E-state index contributed by atoms with van der Waals surface area (Å²) in [7, 11) is -6.71. The van der Waals surface area contributed by atoms with Gasteiger partial charge in [0, 0.05) is 60.7 Å². The van der Waals surface area contributed by atoms with Crippen LogP contribution in [0.5, 0.6) is 0 Å². The van der Waals surface area contributed by atoms with Crippen molar-refractivity contribution in [1.29, 1.82) is 0 Å². The third kappa shape index (κ3) is 11.0. The van der Waals surface area contributed by atoms with Crippen LogP contribution in [-0.4, -0.2) is 61.1 Å². The molecule has 21 heteroatoms. The summed E-state index contributed by atoms with van der Waals surface area (Å²) in [5.41, 5.74) is 4.68. The molecule has 2 aromatic heterocycles. The lowest BCUT2D eigenvalue weighted by atomic mass is 10.1. The highest BCUT2D eigenvalue weighted by Gasteiger charge is 2.35. The molecule has 8 rings (SSSR count). The van der Waals surface area contributed by atoms with Gasteiger partial charge in [0.05, 0.1) is 22.6 Å². The average Bonchev–Trinajstić information content (AvgIpc) is 3.78. The fraction of sp³-hybridized carbons (Fsp3) is 0.171. The SMILES string of the molecule is CS(=O)(=O)c1cccc(CNc2ccnc(Nc3ccc4c(c3)NC(=O)C4)n2)c1.CS(=O)(=O)c1cccc(CNc2nc(Nc3ccc4c(c3)NC(=O)C4)ncc2C(F)(F)F)c1. The summed E-state index contributed by atoms with van der Waals surface area (Å²) in [5.74, 6) is 0.309. The van der Waals surface area contributed by atoms with E-state index in [1.165, 1.54) is 24.5 Å². The summed E-state index contributed by atoms with van der Waals surface area (Å²) in [6, 6.07) is 25.1. The Morgan fingerprint density at radius 1 is 0.645 bits per heavy atom. The summed E-state index contributed by atoms with van der Waals surface area (Å²) in [4.78, 5) is 39.7. The molecule has 2 amide bonds. The topological polar surface area (TPSA) is 226 Å². The summed E-state index contributed by atoms with van der Waals surface area (Å²) in [6.45, 7) is 0.332. The average molecular weight is 887 g/mol. The minimum absolute atomic E-state index is 0.0143. The van der Waals surface area contributed by atoms with Gasteiger partial charge in [-0.25, -0.2) is 26.8 Å². The highest BCUT2D eigenvalue weighted by Crippen LogP contribution is 2.35. The van der Waals surface area contributed by atoms with E-state index < -0.39 is 37.2 Å². The first-order valence-corrected chi connectivity index (χ1v) is 22.4. The third-order valence-corrected chi connectivity index (χ3v) is 11.5. The summed E-state index contributed by atoms with van der Waals surface area (Å²) in [5, 5.41) is 17.3. The zero-order valence-corrected chi connectivity index (χ0v) is 34.5. The number of nitrogens with zero attached hydrogens (tertiary/aromatic N) is 4. The van der Waals surface area contributed by atoms with E-state index in [-0.39, 0.29) is 40.5 Å². The number of fused-ring (bicyclic) bond motifs is 2. The van der Waals surface area contributed by atoms with Gasteiger partial charge in [-0.15, -0.1) is 0 Å². The van der Waals surface area contributed by atoms with Crippen LogP contribution in [0, 0.1) is 0 Å². The number of rotatable bonds is 12. The van der Waals surface area contributed by atoms with Crippen LogP contribution in [0.25, 0.3) is 0 Å². The molecule has 320 valence electrons. The van der Waals surface area contributed by atoms with Crippen LogP contribution < -0.4 is 31.9 Å². The minimum Gasteiger partial charge on any atom is -0.366 e. The van der Waals surface area contributed by atoms with Gasteiger partial charge < -0.3 is 31.9 Å². The summed E-state index contributed by atoms with van der Waals surface area (Å²) in [6.07, 6.45) is 0.486. The predicted molar refractivity (Wildman–Crippen MR) is 227 cm³/mol. The zero-order valence-electron chi connectivity index (χ0n) is 32.8. The molecule has 0 spiro atoms. The maximum absolute atomic E-state index is 13.5. The van der Waals surface area contributed by atoms with E-state index in [4.69, 9.17) is 0 Å². The molecular weight excluding hydrogens is 850 g/mol. The van der Waals surface area contributed by atoms with Crippen molar-refractivity contribution in [2.75, 3.05) is 44.4 Å². The van der Waals surface area contributed by atoms with Crippen LogP contribution in [0.2, 0.25) is 0 Å². The maximum atomic E-state index is 13.5. The second kappa shape index (κ2) is 17.5. The molecule has 2 aliphatic rings. The first kappa shape index (κ1) is 43.0. The number of carbonyl (C=O) groups is 2. The number of anilines is 8. The van der Waals surface area contributed by atoms with Gasteiger partial charge >= 0.3 is 6.18 Å². The Morgan fingerprint density at radius 2 is 1.16 bits per heavy atom. The van der Waals surface area contributed by atoms with Crippen molar-refractivity contribution in [3.05, 3.63) is 131 Å². The molecule has 4 heterocycles. The molecule has 16 nitrogen and oxygen atoms in total. The minimum atomic E-state index is -4.70. The van der Waals surface area contributed by atoms with Crippen molar-refractivity contribution in [1.82, 2.24) is 19.9 Å². The van der Waals surface area contributed by atoms with Crippen LogP contribution in [-0.2, 0) is 61.4 Å². The van der Waals surface area contributed by atoms with Crippen LogP contribution >= 0.6 is 0 Å². The quantitative estimate of drug-likeness (QED) is 0.0774. The van der Waals surface area contributed by atoms with Crippen molar-refractivity contribution in [3.63, 3.8) is 0 Å². The Hall–Kier alpha value is -7.13. The second-order valence-electron chi connectivity index (χ2n) is 14.2. The molecule has 0 saturated heterocycles. The fourth-order valence-electron chi connectivity index (χ4n) is 6.29. The first-order chi connectivity index (χ1) is 29.4. The summed E-state index contributed by atoms with van der Waals surface area (Å²) >= 11 is 0. The van der Waals surface area contributed by atoms with Crippen LogP contribution in [0.3, 0.4) is 0 Å². The lowest BCUT2D eigenvalue weighted by molar-refractivity contribution is -0.137. The van der Waals surface area contributed by atoms with E-state index in [1.807, 2.05) is 24.3 Å². The van der Waals surface area contributed by atoms with Crippen molar-refractivity contribution in [2.24, 2.45) is 0 Å². The van der Waals surface area contributed by atoms with Gasteiger partial charge in [-0.2, -0.15) is 23.1 Å². The molecule has 0 unspecified atom stereocenters. The monoisotopic (exact) mass is 886 g/mol. The van der Waals surface area contributed by atoms with Crippen molar-refractivity contribution in [3.8, 4) is 0 Å². The van der Waals surface area contributed by atoms with Gasteiger partial charge in [-0.1, -0.05) is 36.4 Å². The van der Waals surface area contributed by atoms with Crippen molar-refractivity contribution >= 4 is 77.8 Å². The Labute approximate surface area is 353 Å². The Bertz CT molecular complexity index is 2930.